The zero-order valence-electron chi connectivity index (χ0n) is 12.5. The molecule has 0 fully saturated rings. The van der Waals surface area contributed by atoms with Gasteiger partial charge in [-0.1, -0.05) is 31.2 Å². The number of hydrogen-bond donors (Lipinski definition) is 1. The number of amides is 1. The molecule has 0 saturated heterocycles. The molecule has 1 aromatic carbocycles. The van der Waals surface area contributed by atoms with E-state index in [1.54, 1.807) is 12.1 Å². The van der Waals surface area contributed by atoms with Crippen molar-refractivity contribution in [3.8, 4) is 11.5 Å². The molecule has 2 aromatic rings. The van der Waals surface area contributed by atoms with Crippen LogP contribution in [0.15, 0.2) is 33.9 Å². The average Bonchev–Trinajstić information content (AvgIpc) is 3.02. The predicted octanol–water partition coefficient (Wildman–Crippen LogP) is 2.65. The minimum absolute atomic E-state index is 0.0507. The smallest absolute Gasteiger partial charge is 0.277 e. The molecule has 1 N–H and O–H groups in total. The number of nitrogens with zero attached hydrogens (tertiary/aromatic N) is 3. The Morgan fingerprint density at radius 1 is 1.43 bits per heavy atom. The van der Waals surface area contributed by atoms with E-state index in [0.29, 0.717) is 12.1 Å². The lowest BCUT2D eigenvalue weighted by atomic mass is 10.2. The number of nitro groups is 1. The van der Waals surface area contributed by atoms with Crippen molar-refractivity contribution in [2.75, 3.05) is 12.3 Å². The minimum atomic E-state index is -0.490. The van der Waals surface area contributed by atoms with Crippen molar-refractivity contribution in [1.29, 1.82) is 0 Å². The van der Waals surface area contributed by atoms with E-state index in [-0.39, 0.29) is 28.5 Å². The summed E-state index contributed by atoms with van der Waals surface area (Å²) in [6.07, 6.45) is 1.96. The van der Waals surface area contributed by atoms with Crippen LogP contribution in [0.5, 0.6) is 0 Å². The minimum Gasteiger partial charge on any atom is -0.411 e. The van der Waals surface area contributed by atoms with Crippen LogP contribution in [0.1, 0.15) is 19.8 Å². The molecule has 0 atom stereocenters. The third kappa shape index (κ3) is 5.06. The van der Waals surface area contributed by atoms with E-state index in [4.69, 9.17) is 4.42 Å². The zero-order valence-corrected chi connectivity index (χ0v) is 13.3. The topological polar surface area (TPSA) is 111 Å². The number of carbonyl (C=O) groups is 1. The molecule has 0 spiro atoms. The van der Waals surface area contributed by atoms with Crippen molar-refractivity contribution < 1.29 is 14.1 Å². The first-order valence-electron chi connectivity index (χ1n) is 7.08. The van der Waals surface area contributed by atoms with Crippen LogP contribution in [0.2, 0.25) is 0 Å². The second kappa shape index (κ2) is 8.28. The van der Waals surface area contributed by atoms with E-state index in [0.717, 1.165) is 24.6 Å². The van der Waals surface area contributed by atoms with Gasteiger partial charge in [-0.15, -0.1) is 10.2 Å². The van der Waals surface area contributed by atoms with Crippen molar-refractivity contribution in [3.05, 3.63) is 34.4 Å². The van der Waals surface area contributed by atoms with Gasteiger partial charge in [0.05, 0.1) is 10.7 Å². The molecular formula is C14H16N4O4S. The van der Waals surface area contributed by atoms with Gasteiger partial charge in [-0.05, 0) is 12.5 Å². The Kier molecular flexibility index (Phi) is 6.10. The lowest BCUT2D eigenvalue weighted by Crippen LogP contribution is -2.25. The first kappa shape index (κ1) is 16.9. The summed E-state index contributed by atoms with van der Waals surface area (Å²) in [5.41, 5.74) is 0.413. The van der Waals surface area contributed by atoms with Gasteiger partial charge in [0, 0.05) is 24.2 Å². The summed E-state index contributed by atoms with van der Waals surface area (Å²) in [5.74, 6) is 0.265. The second-order valence-corrected chi connectivity index (χ2v) is 5.60. The molecule has 0 radical (unpaired) electrons. The molecule has 122 valence electrons. The molecule has 1 aromatic heterocycles. The molecule has 0 unspecified atom stereocenters. The number of non-ortho nitro benzene ring substituents is 1. The largest absolute Gasteiger partial charge is 0.411 e. The fraction of sp³-hybridized carbons (Fsp3) is 0.357. The molecule has 0 aliphatic rings. The second-order valence-electron chi connectivity index (χ2n) is 4.67. The fourth-order valence-corrected chi connectivity index (χ4v) is 2.31. The van der Waals surface area contributed by atoms with Gasteiger partial charge in [-0.25, -0.2) is 0 Å². The summed E-state index contributed by atoms with van der Waals surface area (Å²) >= 11 is 1.13. The van der Waals surface area contributed by atoms with Crippen LogP contribution in [0.3, 0.4) is 0 Å². The number of rotatable bonds is 8. The molecule has 0 aliphatic heterocycles. The van der Waals surface area contributed by atoms with E-state index in [1.807, 2.05) is 0 Å². The highest BCUT2D eigenvalue weighted by atomic mass is 32.2. The monoisotopic (exact) mass is 336 g/mol. The van der Waals surface area contributed by atoms with Crippen molar-refractivity contribution in [2.24, 2.45) is 0 Å². The van der Waals surface area contributed by atoms with Gasteiger partial charge < -0.3 is 9.73 Å². The maximum absolute atomic E-state index is 11.6. The summed E-state index contributed by atoms with van der Waals surface area (Å²) in [6.45, 7) is 2.70. The van der Waals surface area contributed by atoms with E-state index < -0.39 is 4.92 Å². The number of aromatic nitrogens is 2. The first-order chi connectivity index (χ1) is 11.1. The standard InChI is InChI=1S/C14H16N4O4S/c1-2-3-7-15-12(19)9-23-14-17-16-13(22-14)10-5-4-6-11(8-10)18(20)21/h4-6,8H,2-3,7,9H2,1H3,(H,15,19). The Morgan fingerprint density at radius 3 is 3.00 bits per heavy atom. The number of benzene rings is 1. The highest BCUT2D eigenvalue weighted by Crippen LogP contribution is 2.25. The van der Waals surface area contributed by atoms with Gasteiger partial charge in [0.1, 0.15) is 0 Å². The molecule has 0 saturated carbocycles. The molecule has 23 heavy (non-hydrogen) atoms. The van der Waals surface area contributed by atoms with E-state index in [2.05, 4.69) is 22.4 Å². The van der Waals surface area contributed by atoms with Crippen LogP contribution in [-0.2, 0) is 4.79 Å². The van der Waals surface area contributed by atoms with Crippen LogP contribution in [0.25, 0.3) is 11.5 Å². The van der Waals surface area contributed by atoms with Crippen LogP contribution in [0.4, 0.5) is 5.69 Å². The van der Waals surface area contributed by atoms with Crippen molar-refractivity contribution in [2.45, 2.75) is 25.0 Å². The number of nitro benzene ring substituents is 1. The summed E-state index contributed by atoms with van der Waals surface area (Å²) in [4.78, 5) is 21.9. The molecule has 1 amide bonds. The Labute approximate surface area is 136 Å². The lowest BCUT2D eigenvalue weighted by molar-refractivity contribution is -0.384. The summed E-state index contributed by atoms with van der Waals surface area (Å²) in [5, 5.41) is 21.5. The number of nitrogens with one attached hydrogen (secondary N) is 1. The average molecular weight is 336 g/mol. The van der Waals surface area contributed by atoms with E-state index in [9.17, 15) is 14.9 Å². The van der Waals surface area contributed by atoms with Crippen LogP contribution in [-0.4, -0.2) is 33.3 Å². The fourth-order valence-electron chi connectivity index (χ4n) is 1.72. The maximum Gasteiger partial charge on any atom is 0.277 e. The first-order valence-corrected chi connectivity index (χ1v) is 8.06. The molecule has 8 nitrogen and oxygen atoms in total. The van der Waals surface area contributed by atoms with E-state index in [1.165, 1.54) is 12.1 Å². The van der Waals surface area contributed by atoms with Crippen LogP contribution >= 0.6 is 11.8 Å². The van der Waals surface area contributed by atoms with Crippen molar-refractivity contribution in [3.63, 3.8) is 0 Å². The summed E-state index contributed by atoms with van der Waals surface area (Å²) in [6, 6.07) is 5.94. The van der Waals surface area contributed by atoms with Crippen LogP contribution in [0, 0.1) is 10.1 Å². The van der Waals surface area contributed by atoms with E-state index >= 15 is 0 Å². The maximum atomic E-state index is 11.6. The van der Waals surface area contributed by atoms with Gasteiger partial charge in [0.25, 0.3) is 10.9 Å². The number of hydrogen-bond acceptors (Lipinski definition) is 7. The van der Waals surface area contributed by atoms with Crippen LogP contribution < -0.4 is 5.32 Å². The summed E-state index contributed by atoms with van der Waals surface area (Å²) < 4.78 is 5.42. The molecule has 0 aliphatic carbocycles. The molecule has 1 heterocycles. The molecule has 0 bridgehead atoms. The highest BCUT2D eigenvalue weighted by Gasteiger charge is 2.13. The third-order valence-corrected chi connectivity index (χ3v) is 3.71. The van der Waals surface area contributed by atoms with Gasteiger partial charge in [-0.3, -0.25) is 14.9 Å². The molecule has 9 heteroatoms. The normalized spacial score (nSPS) is 10.5. The van der Waals surface area contributed by atoms with Crippen molar-refractivity contribution >= 4 is 23.4 Å². The highest BCUT2D eigenvalue weighted by molar-refractivity contribution is 7.99. The number of thioether (sulfide) groups is 1. The predicted molar refractivity (Wildman–Crippen MR) is 85.0 cm³/mol. The lowest BCUT2D eigenvalue weighted by Gasteiger charge is -2.01. The quantitative estimate of drug-likeness (QED) is 0.341. The van der Waals surface area contributed by atoms with Gasteiger partial charge >= 0.3 is 0 Å². The number of carbonyl (C=O) groups excluding carboxylic acids is 1. The molecule has 2 rings (SSSR count). The van der Waals surface area contributed by atoms with Gasteiger partial charge in [0.15, 0.2) is 0 Å². The van der Waals surface area contributed by atoms with Gasteiger partial charge in [-0.2, -0.15) is 0 Å². The third-order valence-electron chi connectivity index (χ3n) is 2.89. The SMILES string of the molecule is CCCCNC(=O)CSc1nnc(-c2cccc([N+](=O)[O-])c2)o1. The summed E-state index contributed by atoms with van der Waals surface area (Å²) in [7, 11) is 0. The van der Waals surface area contributed by atoms with Crippen molar-refractivity contribution in [1.82, 2.24) is 15.5 Å². The van der Waals surface area contributed by atoms with Gasteiger partial charge in [0.2, 0.25) is 11.8 Å². The number of unbranched alkanes of at least 4 members (excludes halogenated alkanes) is 1. The Hall–Kier alpha value is -2.42. The molecular weight excluding hydrogens is 320 g/mol. The Bertz CT molecular complexity index is 689. The Balaban J connectivity index is 1.94. The zero-order chi connectivity index (χ0) is 16.7. The Morgan fingerprint density at radius 2 is 2.26 bits per heavy atom.